The largest absolute Gasteiger partial charge is 0.492 e. The molecule has 122 valence electrons. The fourth-order valence-corrected chi connectivity index (χ4v) is 2.65. The molecule has 22 heavy (non-hydrogen) atoms. The van der Waals surface area contributed by atoms with Gasteiger partial charge in [-0.15, -0.1) is 0 Å². The highest BCUT2D eigenvalue weighted by Crippen LogP contribution is 2.12. The molecule has 0 aliphatic carbocycles. The second-order valence-corrected chi connectivity index (χ2v) is 6.14. The van der Waals surface area contributed by atoms with Gasteiger partial charge in [-0.2, -0.15) is 0 Å². The van der Waals surface area contributed by atoms with Crippen LogP contribution >= 0.6 is 0 Å². The van der Waals surface area contributed by atoms with Crippen molar-refractivity contribution >= 4 is 6.03 Å². The number of carbonyl (C=O) groups excluding carboxylic acids is 1. The molecule has 1 fully saturated rings. The van der Waals surface area contributed by atoms with Gasteiger partial charge in [0, 0.05) is 25.2 Å². The molecular formula is C17H27N3O2. The summed E-state index contributed by atoms with van der Waals surface area (Å²) >= 11 is 0. The Morgan fingerprint density at radius 1 is 1.45 bits per heavy atom. The first-order chi connectivity index (χ1) is 10.5. The molecule has 1 aliphatic rings. The number of aryl methyl sites for hydroxylation is 1. The van der Waals surface area contributed by atoms with E-state index in [9.17, 15) is 4.79 Å². The van der Waals surface area contributed by atoms with Crippen LogP contribution in [0.15, 0.2) is 24.3 Å². The Morgan fingerprint density at radius 3 is 2.95 bits per heavy atom. The normalized spacial score (nSPS) is 18.5. The van der Waals surface area contributed by atoms with Gasteiger partial charge in [-0.3, -0.25) is 4.90 Å². The minimum Gasteiger partial charge on any atom is -0.492 e. The number of nitrogens with one attached hydrogen (secondary N) is 2. The molecule has 1 aliphatic heterocycles. The average Bonchev–Trinajstić information content (AvgIpc) is 2.92. The van der Waals surface area contributed by atoms with E-state index in [-0.39, 0.29) is 12.1 Å². The van der Waals surface area contributed by atoms with Crippen LogP contribution in [0.4, 0.5) is 4.79 Å². The molecule has 2 amide bonds. The van der Waals surface area contributed by atoms with Crippen molar-refractivity contribution in [1.29, 1.82) is 0 Å². The molecule has 0 bridgehead atoms. The van der Waals surface area contributed by atoms with Crippen LogP contribution in [0.3, 0.4) is 0 Å². The average molecular weight is 305 g/mol. The van der Waals surface area contributed by atoms with Gasteiger partial charge in [0.1, 0.15) is 12.4 Å². The van der Waals surface area contributed by atoms with E-state index in [4.69, 9.17) is 4.74 Å². The minimum atomic E-state index is -0.108. The SMILES string of the molecule is Cc1cccc(OCCNC(=O)N[C@H]2CCN(C(C)C)C2)c1. The molecule has 2 rings (SSSR count). The van der Waals surface area contributed by atoms with Gasteiger partial charge in [-0.25, -0.2) is 4.79 Å². The summed E-state index contributed by atoms with van der Waals surface area (Å²) in [5.41, 5.74) is 1.17. The van der Waals surface area contributed by atoms with Crippen LogP contribution in [0.1, 0.15) is 25.8 Å². The maximum Gasteiger partial charge on any atom is 0.315 e. The summed E-state index contributed by atoms with van der Waals surface area (Å²) in [6, 6.07) is 8.58. The van der Waals surface area contributed by atoms with Gasteiger partial charge in [-0.1, -0.05) is 12.1 Å². The molecule has 5 heteroatoms. The van der Waals surface area contributed by atoms with Gasteiger partial charge < -0.3 is 15.4 Å². The van der Waals surface area contributed by atoms with Crippen molar-refractivity contribution in [3.8, 4) is 5.75 Å². The maximum absolute atomic E-state index is 11.8. The van der Waals surface area contributed by atoms with Crippen LogP contribution in [0, 0.1) is 6.92 Å². The second-order valence-electron chi connectivity index (χ2n) is 6.14. The van der Waals surface area contributed by atoms with E-state index in [1.54, 1.807) is 0 Å². The lowest BCUT2D eigenvalue weighted by atomic mass is 10.2. The van der Waals surface area contributed by atoms with Crippen molar-refractivity contribution in [2.24, 2.45) is 0 Å². The summed E-state index contributed by atoms with van der Waals surface area (Å²) in [5, 5.41) is 5.87. The van der Waals surface area contributed by atoms with Gasteiger partial charge in [-0.05, 0) is 44.9 Å². The van der Waals surface area contributed by atoms with Crippen LogP contribution in [0.2, 0.25) is 0 Å². The van der Waals surface area contributed by atoms with Crippen LogP contribution in [-0.4, -0.2) is 49.3 Å². The van der Waals surface area contributed by atoms with Crippen molar-refractivity contribution in [2.75, 3.05) is 26.2 Å². The first-order valence-electron chi connectivity index (χ1n) is 8.02. The van der Waals surface area contributed by atoms with Gasteiger partial charge in [0.05, 0.1) is 6.54 Å². The van der Waals surface area contributed by atoms with E-state index < -0.39 is 0 Å². The summed E-state index contributed by atoms with van der Waals surface area (Å²) in [7, 11) is 0. The molecule has 1 saturated heterocycles. The highest BCUT2D eigenvalue weighted by molar-refractivity contribution is 5.74. The van der Waals surface area contributed by atoms with Gasteiger partial charge in [0.15, 0.2) is 0 Å². The van der Waals surface area contributed by atoms with Gasteiger partial charge in [0.2, 0.25) is 0 Å². The van der Waals surface area contributed by atoms with Crippen LogP contribution < -0.4 is 15.4 Å². The third-order valence-corrected chi connectivity index (χ3v) is 3.93. The lowest BCUT2D eigenvalue weighted by Gasteiger charge is -2.20. The van der Waals surface area contributed by atoms with E-state index in [0.29, 0.717) is 19.2 Å². The first kappa shape index (κ1) is 16.6. The Balaban J connectivity index is 1.60. The van der Waals surface area contributed by atoms with Gasteiger partial charge >= 0.3 is 6.03 Å². The Labute approximate surface area is 133 Å². The Hall–Kier alpha value is -1.75. The molecule has 0 spiro atoms. The number of ether oxygens (including phenoxy) is 1. The highest BCUT2D eigenvalue weighted by Gasteiger charge is 2.25. The van der Waals surface area contributed by atoms with E-state index in [2.05, 4.69) is 29.4 Å². The summed E-state index contributed by atoms with van der Waals surface area (Å²) in [6.45, 7) is 9.36. The predicted molar refractivity (Wildman–Crippen MR) is 88.3 cm³/mol. The Kier molecular flexibility index (Phi) is 6.07. The van der Waals surface area contributed by atoms with Gasteiger partial charge in [0.25, 0.3) is 0 Å². The number of likely N-dealkylation sites (tertiary alicyclic amines) is 1. The molecule has 0 aromatic heterocycles. The number of hydrogen-bond donors (Lipinski definition) is 2. The second kappa shape index (κ2) is 8.03. The fourth-order valence-electron chi connectivity index (χ4n) is 2.65. The highest BCUT2D eigenvalue weighted by atomic mass is 16.5. The number of hydrogen-bond acceptors (Lipinski definition) is 3. The van der Waals surface area contributed by atoms with Crippen LogP contribution in [0.25, 0.3) is 0 Å². The molecule has 1 atom stereocenters. The topological polar surface area (TPSA) is 53.6 Å². The lowest BCUT2D eigenvalue weighted by Crippen LogP contribution is -2.44. The summed E-state index contributed by atoms with van der Waals surface area (Å²) in [4.78, 5) is 14.2. The Morgan fingerprint density at radius 2 is 2.27 bits per heavy atom. The zero-order valence-electron chi connectivity index (χ0n) is 13.8. The van der Waals surface area contributed by atoms with Crippen molar-refractivity contribution in [3.05, 3.63) is 29.8 Å². The van der Waals surface area contributed by atoms with Crippen molar-refractivity contribution in [1.82, 2.24) is 15.5 Å². The van der Waals surface area contributed by atoms with Crippen LogP contribution in [-0.2, 0) is 0 Å². The maximum atomic E-state index is 11.8. The summed E-state index contributed by atoms with van der Waals surface area (Å²) in [6.07, 6.45) is 1.02. The zero-order valence-corrected chi connectivity index (χ0v) is 13.8. The zero-order chi connectivity index (χ0) is 15.9. The number of carbonyl (C=O) groups is 1. The number of rotatable bonds is 6. The van der Waals surface area contributed by atoms with E-state index in [1.807, 2.05) is 31.2 Å². The molecule has 0 saturated carbocycles. The van der Waals surface area contributed by atoms with E-state index >= 15 is 0 Å². The third-order valence-electron chi connectivity index (χ3n) is 3.93. The molecule has 0 unspecified atom stereocenters. The van der Waals surface area contributed by atoms with Crippen molar-refractivity contribution in [2.45, 2.75) is 39.3 Å². The minimum absolute atomic E-state index is 0.108. The van der Waals surface area contributed by atoms with Crippen molar-refractivity contribution < 1.29 is 9.53 Å². The number of benzene rings is 1. The molecule has 1 aromatic carbocycles. The van der Waals surface area contributed by atoms with E-state index in [0.717, 1.165) is 25.3 Å². The number of urea groups is 1. The Bertz CT molecular complexity index is 491. The smallest absolute Gasteiger partial charge is 0.315 e. The number of nitrogens with zero attached hydrogens (tertiary/aromatic N) is 1. The number of amides is 2. The van der Waals surface area contributed by atoms with Crippen LogP contribution in [0.5, 0.6) is 5.75 Å². The summed E-state index contributed by atoms with van der Waals surface area (Å²) < 4.78 is 5.60. The quantitative estimate of drug-likeness (QED) is 0.792. The summed E-state index contributed by atoms with van der Waals surface area (Å²) in [5.74, 6) is 0.838. The third kappa shape index (κ3) is 5.22. The molecule has 1 aromatic rings. The van der Waals surface area contributed by atoms with E-state index in [1.165, 1.54) is 5.56 Å². The van der Waals surface area contributed by atoms with Crippen molar-refractivity contribution in [3.63, 3.8) is 0 Å². The lowest BCUT2D eigenvalue weighted by molar-refractivity contribution is 0.230. The first-order valence-corrected chi connectivity index (χ1v) is 8.02. The standard InChI is InChI=1S/C17H27N3O2/c1-13(2)20-9-7-15(12-20)19-17(21)18-8-10-22-16-6-4-5-14(3)11-16/h4-6,11,13,15H,7-10,12H2,1-3H3,(H2,18,19,21)/t15-/m0/s1. The molecule has 1 heterocycles. The molecular weight excluding hydrogens is 278 g/mol. The molecule has 0 radical (unpaired) electrons. The predicted octanol–water partition coefficient (Wildman–Crippen LogP) is 2.16. The monoisotopic (exact) mass is 305 g/mol. The fraction of sp³-hybridized carbons (Fsp3) is 0.588. The molecule has 2 N–H and O–H groups in total. The molecule has 5 nitrogen and oxygen atoms in total.